The lowest BCUT2D eigenvalue weighted by molar-refractivity contribution is -0.402. The van der Waals surface area contributed by atoms with Crippen LogP contribution in [-0.4, -0.2) is 265 Å². The molecule has 4 saturated heterocycles. The predicted molar refractivity (Wildman–Crippen MR) is 163 cm³/mol. The lowest BCUT2D eigenvalue weighted by Gasteiger charge is -2.50. The average Bonchev–Trinajstić information content (AvgIpc) is 3.16. The van der Waals surface area contributed by atoms with Crippen molar-refractivity contribution in [1.29, 1.82) is 0 Å². The first-order valence-electron chi connectivity index (χ1n) is 16.9. The highest BCUT2D eigenvalue weighted by Gasteiger charge is 2.58. The third-order valence-electron chi connectivity index (χ3n) is 9.76. The van der Waals surface area contributed by atoms with E-state index >= 15 is 0 Å². The number of rotatable bonds is 15. The Kier molecular flexibility index (Phi) is 16.0. The molecule has 4 rings (SSSR count). The fourth-order valence-corrected chi connectivity index (χ4v) is 6.63. The molecule has 322 valence electrons. The van der Waals surface area contributed by atoms with Crippen molar-refractivity contribution in [1.82, 2.24) is 0 Å². The third kappa shape index (κ3) is 9.54. The number of hydrogen-bond acceptors (Lipinski definition) is 25. The molecule has 4 aliphatic rings. The Morgan fingerprint density at radius 1 is 0.527 bits per heavy atom. The minimum absolute atomic E-state index is 1.02. The fourth-order valence-electron chi connectivity index (χ4n) is 6.63. The Morgan fingerprint density at radius 3 is 1.42 bits per heavy atom. The highest BCUT2D eigenvalue weighted by Crippen LogP contribution is 2.37. The van der Waals surface area contributed by atoms with E-state index in [0.29, 0.717) is 0 Å². The van der Waals surface area contributed by atoms with Gasteiger partial charge in [0.05, 0.1) is 32.5 Å². The molecule has 55 heavy (non-hydrogen) atoms. The van der Waals surface area contributed by atoms with Crippen LogP contribution in [0, 0.1) is 0 Å². The van der Waals surface area contributed by atoms with E-state index < -0.39 is 179 Å². The zero-order chi connectivity index (χ0) is 41.3. The molecule has 0 bridgehead atoms. The Morgan fingerprint density at radius 2 is 0.927 bits per heavy atom. The predicted octanol–water partition coefficient (Wildman–Crippen LogP) is -11.8. The topological polar surface area (TPSA) is 446 Å². The largest absolute Gasteiger partial charge is 0.477 e. The maximum Gasteiger partial charge on any atom is 0.364 e. The minimum atomic E-state index is -3.11. The van der Waals surface area contributed by atoms with Gasteiger partial charge in [-0.1, -0.05) is 0 Å². The van der Waals surface area contributed by atoms with Gasteiger partial charge in [0.15, 0.2) is 18.9 Å². The molecule has 0 aromatic rings. The molecule has 0 saturated carbocycles. The molecule has 0 amide bonds. The molecule has 18 N–H and O–H groups in total. The normalized spacial score (nSPS) is 47.8. The van der Waals surface area contributed by atoms with Gasteiger partial charge in [-0.3, -0.25) is 0 Å². The Hall–Kier alpha value is -1.49. The average molecular weight is 815 g/mol. The van der Waals surface area contributed by atoms with Crippen LogP contribution in [0.15, 0.2) is 0 Å². The summed E-state index contributed by atoms with van der Waals surface area (Å²) in [5, 5.41) is 186. The molecule has 0 aliphatic carbocycles. The van der Waals surface area contributed by atoms with Crippen LogP contribution in [0.2, 0.25) is 0 Å². The highest BCUT2D eigenvalue weighted by molar-refractivity contribution is 5.75. The maximum absolute atomic E-state index is 11.7. The SMILES string of the molecule is O=C(O)[C@@]1(O)C[C@@H](O)[C@@H](O[C@H]2O[C@H]([C@@H](O)CO)[C@@H](O)[C@H](O[C@H]3O[C@H]([C@@H](O)CO)[C@@H](O)[C@H](O)[C@@H]3O[C@H]3O[C@H](C(O)CO)[C@@H](O)[C@H](O)[C@@H]3O)[C@@H]2O)[C@@H]([C@H](O)CO)O1. The summed E-state index contributed by atoms with van der Waals surface area (Å²) in [4.78, 5) is 11.7. The van der Waals surface area contributed by atoms with Gasteiger partial charge in [-0.25, -0.2) is 4.79 Å². The number of carboxylic acids is 1. The molecule has 1 unspecified atom stereocenters. The second kappa shape index (κ2) is 19.1. The molecular formula is C29H50O26. The van der Waals surface area contributed by atoms with Crippen LogP contribution in [0.5, 0.6) is 0 Å². The first-order chi connectivity index (χ1) is 25.8. The van der Waals surface area contributed by atoms with E-state index in [2.05, 4.69) is 0 Å². The van der Waals surface area contributed by atoms with Crippen molar-refractivity contribution in [2.75, 3.05) is 26.4 Å². The van der Waals surface area contributed by atoms with E-state index in [-0.39, 0.29) is 0 Å². The molecular weight excluding hydrogens is 764 g/mol. The zero-order valence-electron chi connectivity index (χ0n) is 28.6. The van der Waals surface area contributed by atoms with E-state index in [1.54, 1.807) is 0 Å². The second-order valence-electron chi connectivity index (χ2n) is 13.6. The summed E-state index contributed by atoms with van der Waals surface area (Å²) in [5.74, 6) is -5.12. The van der Waals surface area contributed by atoms with Crippen LogP contribution in [0.1, 0.15) is 6.42 Å². The summed E-state index contributed by atoms with van der Waals surface area (Å²) in [5.41, 5.74) is 0. The van der Waals surface area contributed by atoms with Gasteiger partial charge in [0.25, 0.3) is 5.79 Å². The van der Waals surface area contributed by atoms with Crippen molar-refractivity contribution in [3.8, 4) is 0 Å². The number of hydrogen-bond donors (Lipinski definition) is 18. The van der Waals surface area contributed by atoms with Crippen LogP contribution < -0.4 is 0 Å². The van der Waals surface area contributed by atoms with E-state index in [9.17, 15) is 96.7 Å². The van der Waals surface area contributed by atoms with E-state index in [0.717, 1.165) is 0 Å². The molecule has 0 aromatic heterocycles. The van der Waals surface area contributed by atoms with Gasteiger partial charge in [0, 0.05) is 6.42 Å². The van der Waals surface area contributed by atoms with Crippen LogP contribution in [-0.2, 0) is 38.0 Å². The maximum atomic E-state index is 11.7. The van der Waals surface area contributed by atoms with E-state index in [1.807, 2.05) is 0 Å². The Bertz CT molecular complexity index is 1220. The number of ether oxygens (including phenoxy) is 7. The van der Waals surface area contributed by atoms with Crippen molar-refractivity contribution in [2.24, 2.45) is 0 Å². The number of carbonyl (C=O) groups is 1. The number of carboxylic acid groups (broad SMARTS) is 1. The quantitative estimate of drug-likeness (QED) is 0.0729. The van der Waals surface area contributed by atoms with Crippen LogP contribution in [0.4, 0.5) is 0 Å². The molecule has 4 aliphatic heterocycles. The van der Waals surface area contributed by atoms with Gasteiger partial charge in [-0.05, 0) is 0 Å². The van der Waals surface area contributed by atoms with Gasteiger partial charge in [0.2, 0.25) is 0 Å². The first kappa shape index (κ1) is 46.2. The number of aliphatic carboxylic acids is 1. The monoisotopic (exact) mass is 814 g/mol. The van der Waals surface area contributed by atoms with Crippen molar-refractivity contribution in [3.05, 3.63) is 0 Å². The molecule has 0 spiro atoms. The molecule has 4 fully saturated rings. The summed E-state index contributed by atoms with van der Waals surface area (Å²) in [6.45, 7) is -4.39. The molecule has 4 heterocycles. The molecule has 23 atom stereocenters. The lowest BCUT2D eigenvalue weighted by Crippen LogP contribution is -2.69. The van der Waals surface area contributed by atoms with Gasteiger partial charge in [-0.15, -0.1) is 0 Å². The summed E-state index contributed by atoms with van der Waals surface area (Å²) < 4.78 is 38.3. The van der Waals surface area contributed by atoms with Gasteiger partial charge >= 0.3 is 5.97 Å². The van der Waals surface area contributed by atoms with Crippen molar-refractivity contribution < 1.29 is 130 Å². The highest BCUT2D eigenvalue weighted by atomic mass is 16.8. The third-order valence-corrected chi connectivity index (χ3v) is 9.76. The fraction of sp³-hybridized carbons (Fsp3) is 0.966. The minimum Gasteiger partial charge on any atom is -0.477 e. The summed E-state index contributed by atoms with van der Waals surface area (Å²) in [6, 6.07) is 0. The van der Waals surface area contributed by atoms with Gasteiger partial charge < -0.3 is 125 Å². The lowest BCUT2D eigenvalue weighted by atomic mass is 9.91. The van der Waals surface area contributed by atoms with Crippen LogP contribution in [0.3, 0.4) is 0 Å². The Labute approximate surface area is 309 Å². The smallest absolute Gasteiger partial charge is 0.364 e. The summed E-state index contributed by atoms with van der Waals surface area (Å²) in [7, 11) is 0. The number of aliphatic hydroxyl groups excluding tert-OH is 16. The van der Waals surface area contributed by atoms with Gasteiger partial charge in [-0.2, -0.15) is 0 Å². The van der Waals surface area contributed by atoms with Crippen molar-refractivity contribution in [3.63, 3.8) is 0 Å². The molecule has 0 aromatic carbocycles. The number of aliphatic hydroxyl groups is 17. The second-order valence-corrected chi connectivity index (χ2v) is 13.6. The standard InChI is InChI=1S/C29H50O26/c30-2-7(35)18-12(40)11(39)15(43)25(49-18)54-24-14(42)13(41)19(8(36)3-31)51-27(24)53-23-16(44)20(9(37)4-32)50-26(17(23)45)52-21-6(34)1-29(48,28(46)47)55-22(21)10(38)5-33/h6-27,30-45,48H,1-5H2,(H,46,47)/t6-,7?,8+,9+,10-,11+,12+,13+,14+,15+,16-,17+,18-,19-,20-,21-,22-,23+,24+,25-,26-,27-,29-/m1/s1. The van der Waals surface area contributed by atoms with Crippen LogP contribution in [0.25, 0.3) is 0 Å². The molecule has 26 heteroatoms. The molecule has 26 nitrogen and oxygen atoms in total. The van der Waals surface area contributed by atoms with Crippen molar-refractivity contribution in [2.45, 2.75) is 147 Å². The van der Waals surface area contributed by atoms with E-state index in [4.69, 9.17) is 33.2 Å². The van der Waals surface area contributed by atoms with Gasteiger partial charge in [0.1, 0.15) is 110 Å². The van der Waals surface area contributed by atoms with E-state index in [1.165, 1.54) is 0 Å². The summed E-state index contributed by atoms with van der Waals surface area (Å²) >= 11 is 0. The van der Waals surface area contributed by atoms with Crippen LogP contribution >= 0.6 is 0 Å². The molecule has 0 radical (unpaired) electrons. The first-order valence-corrected chi connectivity index (χ1v) is 16.9. The zero-order valence-corrected chi connectivity index (χ0v) is 28.6. The Balaban J connectivity index is 1.69. The van der Waals surface area contributed by atoms with Crippen molar-refractivity contribution >= 4 is 5.97 Å². The summed E-state index contributed by atoms with van der Waals surface area (Å²) in [6.07, 6.45) is -47.2.